The standard InChI is InChI=1S/C18H26N2O/c1-4-11-19-12-16-7-5-6-8-17(16)13-20(3)14-18-10-9-15(2)21-18/h5-10,19H,4,11-14H2,1-3H3. The van der Waals surface area contributed by atoms with Crippen molar-refractivity contribution >= 4 is 0 Å². The molecule has 0 saturated carbocycles. The highest BCUT2D eigenvalue weighted by molar-refractivity contribution is 5.27. The number of benzene rings is 1. The van der Waals surface area contributed by atoms with E-state index in [1.807, 2.05) is 13.0 Å². The predicted octanol–water partition coefficient (Wildman–Crippen LogP) is 3.72. The average molecular weight is 286 g/mol. The molecule has 0 fully saturated rings. The molecule has 0 amide bonds. The van der Waals surface area contributed by atoms with Crippen LogP contribution in [0.3, 0.4) is 0 Å². The molecule has 1 aromatic heterocycles. The molecular weight excluding hydrogens is 260 g/mol. The van der Waals surface area contributed by atoms with Crippen LogP contribution in [0.1, 0.15) is 36.0 Å². The van der Waals surface area contributed by atoms with Crippen molar-refractivity contribution < 1.29 is 4.42 Å². The summed E-state index contributed by atoms with van der Waals surface area (Å²) >= 11 is 0. The first-order chi connectivity index (χ1) is 10.2. The molecule has 0 bridgehead atoms. The molecule has 2 rings (SSSR count). The van der Waals surface area contributed by atoms with Crippen LogP contribution in [0.4, 0.5) is 0 Å². The maximum atomic E-state index is 5.65. The summed E-state index contributed by atoms with van der Waals surface area (Å²) in [7, 11) is 2.13. The molecule has 0 aliphatic rings. The lowest BCUT2D eigenvalue weighted by Gasteiger charge is -2.18. The minimum atomic E-state index is 0.838. The third-order valence-corrected chi connectivity index (χ3v) is 3.52. The average Bonchev–Trinajstić information content (AvgIpc) is 2.86. The van der Waals surface area contributed by atoms with E-state index in [1.54, 1.807) is 0 Å². The quantitative estimate of drug-likeness (QED) is 0.750. The first-order valence-electron chi connectivity index (χ1n) is 7.70. The molecule has 114 valence electrons. The SMILES string of the molecule is CCCNCc1ccccc1CN(C)Cc1ccc(C)o1. The van der Waals surface area contributed by atoms with E-state index in [0.29, 0.717) is 0 Å². The lowest BCUT2D eigenvalue weighted by atomic mass is 10.1. The third-order valence-electron chi connectivity index (χ3n) is 3.52. The Morgan fingerprint density at radius 2 is 1.81 bits per heavy atom. The first-order valence-corrected chi connectivity index (χ1v) is 7.70. The minimum Gasteiger partial charge on any atom is -0.465 e. The van der Waals surface area contributed by atoms with Crippen LogP contribution in [-0.4, -0.2) is 18.5 Å². The molecule has 3 nitrogen and oxygen atoms in total. The fourth-order valence-corrected chi connectivity index (χ4v) is 2.47. The van der Waals surface area contributed by atoms with Gasteiger partial charge in [-0.25, -0.2) is 0 Å². The summed E-state index contributed by atoms with van der Waals surface area (Å²) in [6, 6.07) is 12.7. The van der Waals surface area contributed by atoms with Crippen molar-refractivity contribution in [1.82, 2.24) is 10.2 Å². The lowest BCUT2D eigenvalue weighted by molar-refractivity contribution is 0.284. The number of nitrogens with one attached hydrogen (secondary N) is 1. The molecule has 0 radical (unpaired) electrons. The summed E-state index contributed by atoms with van der Waals surface area (Å²) in [5.74, 6) is 2.00. The highest BCUT2D eigenvalue weighted by atomic mass is 16.3. The fourth-order valence-electron chi connectivity index (χ4n) is 2.47. The first kappa shape index (κ1) is 15.8. The Labute approximate surface area is 128 Å². The van der Waals surface area contributed by atoms with Crippen LogP contribution in [0.15, 0.2) is 40.8 Å². The number of hydrogen-bond donors (Lipinski definition) is 1. The molecule has 0 aliphatic carbocycles. The Bertz CT molecular complexity index is 548. The van der Waals surface area contributed by atoms with E-state index in [9.17, 15) is 0 Å². The number of nitrogens with zero attached hydrogens (tertiary/aromatic N) is 1. The van der Waals surface area contributed by atoms with Crippen molar-refractivity contribution in [2.45, 2.75) is 39.9 Å². The molecule has 1 heterocycles. The molecule has 0 atom stereocenters. The summed E-state index contributed by atoms with van der Waals surface area (Å²) in [5.41, 5.74) is 2.76. The molecule has 0 spiro atoms. The Kier molecular flexibility index (Phi) is 6.03. The van der Waals surface area contributed by atoms with Gasteiger partial charge in [-0.3, -0.25) is 4.90 Å². The Hall–Kier alpha value is -1.58. The zero-order chi connectivity index (χ0) is 15.1. The number of rotatable bonds is 8. The van der Waals surface area contributed by atoms with E-state index in [-0.39, 0.29) is 0 Å². The summed E-state index contributed by atoms with van der Waals surface area (Å²) in [4.78, 5) is 2.29. The zero-order valence-corrected chi connectivity index (χ0v) is 13.4. The Morgan fingerprint density at radius 3 is 2.48 bits per heavy atom. The molecule has 1 aromatic carbocycles. The molecular formula is C18H26N2O. The van der Waals surface area contributed by atoms with Crippen LogP contribution >= 0.6 is 0 Å². The molecule has 0 saturated heterocycles. The second-order valence-corrected chi connectivity index (χ2v) is 5.63. The predicted molar refractivity (Wildman–Crippen MR) is 87.1 cm³/mol. The van der Waals surface area contributed by atoms with Gasteiger partial charge in [0.15, 0.2) is 0 Å². The van der Waals surface area contributed by atoms with Gasteiger partial charge in [0.05, 0.1) is 6.54 Å². The van der Waals surface area contributed by atoms with Gasteiger partial charge < -0.3 is 9.73 Å². The maximum Gasteiger partial charge on any atom is 0.118 e. The van der Waals surface area contributed by atoms with Gasteiger partial charge in [0.25, 0.3) is 0 Å². The topological polar surface area (TPSA) is 28.4 Å². The molecule has 2 aromatic rings. The second kappa shape index (κ2) is 8.01. The van der Waals surface area contributed by atoms with Crippen molar-refractivity contribution in [2.24, 2.45) is 0 Å². The van der Waals surface area contributed by atoms with Crippen LogP contribution in [0.25, 0.3) is 0 Å². The van der Waals surface area contributed by atoms with Crippen molar-refractivity contribution in [2.75, 3.05) is 13.6 Å². The summed E-state index contributed by atoms with van der Waals surface area (Å²) in [5, 5.41) is 3.48. The van der Waals surface area contributed by atoms with Crippen molar-refractivity contribution in [3.63, 3.8) is 0 Å². The van der Waals surface area contributed by atoms with Crippen molar-refractivity contribution in [3.8, 4) is 0 Å². The lowest BCUT2D eigenvalue weighted by Crippen LogP contribution is -2.20. The van der Waals surface area contributed by atoms with Gasteiger partial charge in [-0.2, -0.15) is 0 Å². The summed E-state index contributed by atoms with van der Waals surface area (Å²) in [6.07, 6.45) is 1.17. The summed E-state index contributed by atoms with van der Waals surface area (Å²) < 4.78 is 5.65. The van der Waals surface area contributed by atoms with Crippen LogP contribution in [0.2, 0.25) is 0 Å². The highest BCUT2D eigenvalue weighted by Crippen LogP contribution is 2.14. The van der Waals surface area contributed by atoms with E-state index in [4.69, 9.17) is 4.42 Å². The Morgan fingerprint density at radius 1 is 1.05 bits per heavy atom. The second-order valence-electron chi connectivity index (χ2n) is 5.63. The third kappa shape index (κ3) is 5.03. The van der Waals surface area contributed by atoms with Gasteiger partial charge in [-0.15, -0.1) is 0 Å². The monoisotopic (exact) mass is 286 g/mol. The zero-order valence-electron chi connectivity index (χ0n) is 13.4. The van der Waals surface area contributed by atoms with E-state index < -0.39 is 0 Å². The van der Waals surface area contributed by atoms with Gasteiger partial charge in [0.2, 0.25) is 0 Å². The molecule has 21 heavy (non-hydrogen) atoms. The largest absolute Gasteiger partial charge is 0.465 e. The highest BCUT2D eigenvalue weighted by Gasteiger charge is 2.07. The van der Waals surface area contributed by atoms with Gasteiger partial charge in [-0.1, -0.05) is 31.2 Å². The van der Waals surface area contributed by atoms with Crippen LogP contribution in [-0.2, 0) is 19.6 Å². The van der Waals surface area contributed by atoms with Gasteiger partial charge in [0, 0.05) is 13.1 Å². The maximum absolute atomic E-state index is 5.65. The van der Waals surface area contributed by atoms with Crippen LogP contribution < -0.4 is 5.32 Å². The molecule has 1 N–H and O–H groups in total. The van der Waals surface area contributed by atoms with Gasteiger partial charge in [-0.05, 0) is 50.2 Å². The normalized spacial score (nSPS) is 11.2. The number of furan rings is 1. The van der Waals surface area contributed by atoms with E-state index in [1.165, 1.54) is 17.5 Å². The molecule has 0 unspecified atom stereocenters. The van der Waals surface area contributed by atoms with Crippen molar-refractivity contribution in [3.05, 3.63) is 59.0 Å². The van der Waals surface area contributed by atoms with E-state index in [0.717, 1.165) is 37.7 Å². The number of hydrogen-bond acceptors (Lipinski definition) is 3. The summed E-state index contributed by atoms with van der Waals surface area (Å²) in [6.45, 7) is 7.96. The molecule has 0 aliphatic heterocycles. The van der Waals surface area contributed by atoms with Crippen LogP contribution in [0, 0.1) is 6.92 Å². The smallest absolute Gasteiger partial charge is 0.118 e. The number of aryl methyl sites for hydroxylation is 1. The van der Waals surface area contributed by atoms with E-state index in [2.05, 4.69) is 54.5 Å². The Balaban J connectivity index is 1.94. The van der Waals surface area contributed by atoms with Crippen molar-refractivity contribution in [1.29, 1.82) is 0 Å². The molecule has 3 heteroatoms. The van der Waals surface area contributed by atoms with Crippen LogP contribution in [0.5, 0.6) is 0 Å². The van der Waals surface area contributed by atoms with Gasteiger partial charge in [0.1, 0.15) is 11.5 Å². The minimum absolute atomic E-state index is 0.838. The van der Waals surface area contributed by atoms with E-state index >= 15 is 0 Å². The fraction of sp³-hybridized carbons (Fsp3) is 0.444. The van der Waals surface area contributed by atoms with Gasteiger partial charge >= 0.3 is 0 Å².